The van der Waals surface area contributed by atoms with Crippen molar-refractivity contribution >= 4 is 17.4 Å². The number of aromatic nitrogens is 2. The highest BCUT2D eigenvalue weighted by Gasteiger charge is 2.50. The smallest absolute Gasteiger partial charge is 0.318 e. The van der Waals surface area contributed by atoms with Crippen LogP contribution in [0.5, 0.6) is 11.8 Å². The van der Waals surface area contributed by atoms with Gasteiger partial charge in [0.15, 0.2) is 0 Å². The number of anilines is 1. The molecule has 2 aromatic rings. The number of aromatic hydroxyl groups is 1. The Labute approximate surface area is 228 Å². The molecule has 5 heterocycles. The van der Waals surface area contributed by atoms with Gasteiger partial charge in [-0.1, -0.05) is 24.4 Å². The van der Waals surface area contributed by atoms with Crippen LogP contribution in [0, 0.1) is 0 Å². The summed E-state index contributed by atoms with van der Waals surface area (Å²) >= 11 is 6.52. The Morgan fingerprint density at radius 1 is 1.08 bits per heavy atom. The van der Waals surface area contributed by atoms with Gasteiger partial charge >= 0.3 is 6.01 Å². The van der Waals surface area contributed by atoms with Crippen LogP contribution in [0.4, 0.5) is 10.2 Å². The third-order valence-electron chi connectivity index (χ3n) is 9.60. The summed E-state index contributed by atoms with van der Waals surface area (Å²) in [7, 11) is 0. The topological polar surface area (TPSA) is 71.0 Å². The fourth-order valence-corrected chi connectivity index (χ4v) is 7.97. The van der Waals surface area contributed by atoms with Crippen LogP contribution in [0.25, 0.3) is 0 Å². The summed E-state index contributed by atoms with van der Waals surface area (Å²) in [4.78, 5) is 14.6. The van der Waals surface area contributed by atoms with Gasteiger partial charge in [-0.15, -0.1) is 0 Å². The Morgan fingerprint density at radius 3 is 2.76 bits per heavy atom. The number of halogens is 2. The maximum atomic E-state index is 14.4. The molecule has 0 saturated carbocycles. The molecule has 9 heteroatoms. The SMILES string of the molecule is Oc1ccc(Cl)c2c1C1(CC2)Cc2nc(OC[C@@]34CCCN3CC(F)C4)nc(N3CCCCCC3)c2CO1. The van der Waals surface area contributed by atoms with E-state index in [-0.39, 0.29) is 11.3 Å². The number of phenols is 1. The second-order valence-electron chi connectivity index (χ2n) is 11.9. The number of fused-ring (bicyclic) bond motifs is 4. The Bertz CT molecular complexity index is 1240. The summed E-state index contributed by atoms with van der Waals surface area (Å²) in [5.74, 6) is 1.14. The molecule has 3 fully saturated rings. The fourth-order valence-electron chi connectivity index (χ4n) is 7.71. The van der Waals surface area contributed by atoms with Gasteiger partial charge in [-0.2, -0.15) is 9.97 Å². The first-order valence-corrected chi connectivity index (χ1v) is 14.7. The maximum absolute atomic E-state index is 14.4. The van der Waals surface area contributed by atoms with Crippen LogP contribution in [0.3, 0.4) is 0 Å². The van der Waals surface area contributed by atoms with E-state index >= 15 is 0 Å². The van der Waals surface area contributed by atoms with Crippen LogP contribution >= 0.6 is 11.6 Å². The average Bonchev–Trinajstić information content (AvgIpc) is 3.46. The maximum Gasteiger partial charge on any atom is 0.318 e. The van der Waals surface area contributed by atoms with E-state index in [4.69, 9.17) is 31.0 Å². The van der Waals surface area contributed by atoms with Crippen molar-refractivity contribution in [1.82, 2.24) is 14.9 Å². The first kappa shape index (κ1) is 24.9. The highest BCUT2D eigenvalue weighted by atomic mass is 35.5. The van der Waals surface area contributed by atoms with E-state index in [1.54, 1.807) is 12.1 Å². The minimum absolute atomic E-state index is 0.228. The van der Waals surface area contributed by atoms with E-state index in [0.717, 1.165) is 86.4 Å². The monoisotopic (exact) mass is 542 g/mol. The van der Waals surface area contributed by atoms with Crippen LogP contribution in [0.2, 0.25) is 5.02 Å². The van der Waals surface area contributed by atoms with Crippen LogP contribution < -0.4 is 9.64 Å². The van der Waals surface area contributed by atoms with E-state index in [1.807, 2.05) is 0 Å². The summed E-state index contributed by atoms with van der Waals surface area (Å²) in [5.41, 5.74) is 2.80. The van der Waals surface area contributed by atoms with Crippen LogP contribution in [0.1, 0.15) is 73.8 Å². The van der Waals surface area contributed by atoms with Crippen molar-refractivity contribution in [3.05, 3.63) is 39.5 Å². The van der Waals surface area contributed by atoms with Crippen LogP contribution in [-0.2, 0) is 29.8 Å². The van der Waals surface area contributed by atoms with Gasteiger partial charge in [0.25, 0.3) is 0 Å². The molecule has 1 spiro atoms. The molecule has 1 N–H and O–H groups in total. The van der Waals surface area contributed by atoms with Crippen molar-refractivity contribution in [2.24, 2.45) is 0 Å². The van der Waals surface area contributed by atoms with Gasteiger partial charge in [-0.05, 0) is 62.8 Å². The molecule has 4 aliphatic heterocycles. The molecule has 1 aliphatic carbocycles. The zero-order valence-corrected chi connectivity index (χ0v) is 22.6. The summed E-state index contributed by atoms with van der Waals surface area (Å²) in [6.45, 7) is 4.13. The first-order valence-electron chi connectivity index (χ1n) is 14.3. The van der Waals surface area contributed by atoms with Crippen molar-refractivity contribution in [3.63, 3.8) is 0 Å². The second-order valence-corrected chi connectivity index (χ2v) is 12.3. The summed E-state index contributed by atoms with van der Waals surface area (Å²) in [5, 5.41) is 11.5. The van der Waals surface area contributed by atoms with Crippen molar-refractivity contribution < 1.29 is 19.0 Å². The van der Waals surface area contributed by atoms with Crippen molar-refractivity contribution in [2.45, 2.75) is 88.1 Å². The molecule has 0 radical (unpaired) electrons. The van der Waals surface area contributed by atoms with Gasteiger partial charge in [0.2, 0.25) is 0 Å². The number of rotatable bonds is 4. The largest absolute Gasteiger partial charge is 0.508 e. The quantitative estimate of drug-likeness (QED) is 0.577. The lowest BCUT2D eigenvalue weighted by atomic mass is 9.86. The lowest BCUT2D eigenvalue weighted by Crippen LogP contribution is -2.43. The molecule has 7 rings (SSSR count). The van der Waals surface area contributed by atoms with Gasteiger partial charge in [0.05, 0.1) is 17.8 Å². The Hall–Kier alpha value is -2.16. The lowest BCUT2D eigenvalue weighted by Gasteiger charge is -2.37. The molecule has 0 amide bonds. The number of phenolic OH excluding ortho intramolecular Hbond substituents is 1. The van der Waals surface area contributed by atoms with E-state index in [9.17, 15) is 9.50 Å². The predicted molar refractivity (Wildman–Crippen MR) is 143 cm³/mol. The van der Waals surface area contributed by atoms with Crippen LogP contribution in [-0.4, -0.2) is 64.5 Å². The number of alkyl halides is 1. The van der Waals surface area contributed by atoms with Gasteiger partial charge in [0, 0.05) is 48.6 Å². The summed E-state index contributed by atoms with van der Waals surface area (Å²) in [6, 6.07) is 3.79. The Kier molecular flexibility index (Phi) is 6.21. The van der Waals surface area contributed by atoms with Gasteiger partial charge < -0.3 is 19.5 Å². The average molecular weight is 543 g/mol. The van der Waals surface area contributed by atoms with Gasteiger partial charge in [-0.25, -0.2) is 4.39 Å². The number of hydrogen-bond donors (Lipinski definition) is 1. The molecule has 204 valence electrons. The highest BCUT2D eigenvalue weighted by Crippen LogP contribution is 2.52. The van der Waals surface area contributed by atoms with Crippen molar-refractivity contribution in [3.8, 4) is 11.8 Å². The van der Waals surface area contributed by atoms with Crippen molar-refractivity contribution in [2.75, 3.05) is 37.7 Å². The Balaban J connectivity index is 1.24. The molecular formula is C29H36ClFN4O3. The number of ether oxygens (including phenoxy) is 2. The molecule has 38 heavy (non-hydrogen) atoms. The molecule has 5 aliphatic rings. The molecule has 7 nitrogen and oxygen atoms in total. The van der Waals surface area contributed by atoms with Gasteiger partial charge in [-0.3, -0.25) is 4.90 Å². The van der Waals surface area contributed by atoms with Gasteiger partial charge in [0.1, 0.15) is 29.9 Å². The lowest BCUT2D eigenvalue weighted by molar-refractivity contribution is -0.0740. The second kappa shape index (κ2) is 9.49. The number of benzene rings is 1. The first-order chi connectivity index (χ1) is 18.5. The summed E-state index contributed by atoms with van der Waals surface area (Å²) in [6.07, 6.45) is 8.51. The molecule has 1 aromatic heterocycles. The molecule has 2 unspecified atom stereocenters. The molecule has 3 saturated heterocycles. The van der Waals surface area contributed by atoms with Crippen LogP contribution in [0.15, 0.2) is 12.1 Å². The third-order valence-corrected chi connectivity index (χ3v) is 9.95. The van der Waals surface area contributed by atoms with E-state index < -0.39 is 11.8 Å². The fraction of sp³-hybridized carbons (Fsp3) is 0.655. The molecule has 3 atom stereocenters. The molecule has 1 aromatic carbocycles. The zero-order chi connectivity index (χ0) is 25.9. The molecular weight excluding hydrogens is 507 g/mol. The predicted octanol–water partition coefficient (Wildman–Crippen LogP) is 5.09. The molecule has 0 bridgehead atoms. The number of hydrogen-bond acceptors (Lipinski definition) is 7. The van der Waals surface area contributed by atoms with E-state index in [2.05, 4.69) is 9.80 Å². The van der Waals surface area contributed by atoms with Crippen molar-refractivity contribution in [1.29, 1.82) is 0 Å². The van der Waals surface area contributed by atoms with E-state index in [1.165, 1.54) is 12.8 Å². The normalized spacial score (nSPS) is 30.8. The Morgan fingerprint density at radius 2 is 1.92 bits per heavy atom. The zero-order valence-electron chi connectivity index (χ0n) is 21.9. The third kappa shape index (κ3) is 4.06. The standard InChI is InChI=1S/C29H36ClFN4O3/c30-22-6-7-24(36)25-20(22)8-10-29(25)15-23-21(17-38-29)26(34-11-3-1-2-4-12-34)33-27(32-23)37-18-28-9-5-13-35(28)16-19(31)14-28/h6-7,19,36H,1-5,8-18H2/t19?,28-,29?/m0/s1. The van der Waals surface area contributed by atoms with E-state index in [0.29, 0.717) is 43.6 Å². The minimum atomic E-state index is -0.796. The summed E-state index contributed by atoms with van der Waals surface area (Å²) < 4.78 is 27.3. The minimum Gasteiger partial charge on any atom is -0.508 e. The highest BCUT2D eigenvalue weighted by molar-refractivity contribution is 6.31. The number of nitrogens with zero attached hydrogens (tertiary/aromatic N) is 4.